The third kappa shape index (κ3) is 3.24. The molecule has 4 rings (SSSR count). The van der Waals surface area contributed by atoms with E-state index in [4.69, 9.17) is 28.3 Å². The number of hydrogen-bond acceptors (Lipinski definition) is 3. The maximum atomic E-state index is 12.9. The second-order valence-electron chi connectivity index (χ2n) is 6.38. The third-order valence-electron chi connectivity index (χ3n) is 4.63. The molecule has 0 unspecified atom stereocenters. The minimum atomic E-state index is -1.08. The largest absolute Gasteiger partial charge is 0.478 e. The first-order valence-corrected chi connectivity index (χ1v) is 9.14. The van der Waals surface area contributed by atoms with Gasteiger partial charge in [0.1, 0.15) is 5.65 Å². The summed E-state index contributed by atoms with van der Waals surface area (Å²) in [7, 11) is 0. The van der Waals surface area contributed by atoms with E-state index in [0.29, 0.717) is 33.4 Å². The molecule has 136 valence electrons. The Hall–Kier alpha value is -2.63. The van der Waals surface area contributed by atoms with Crippen LogP contribution in [0.3, 0.4) is 0 Å². The monoisotopic (exact) mass is 400 g/mol. The number of carboxylic acids is 1. The van der Waals surface area contributed by atoms with Gasteiger partial charge in [-0.05, 0) is 60.7 Å². The zero-order chi connectivity index (χ0) is 19.1. The number of rotatable bonds is 2. The zero-order valence-electron chi connectivity index (χ0n) is 14.1. The van der Waals surface area contributed by atoms with Crippen LogP contribution >= 0.6 is 23.2 Å². The molecule has 1 aliphatic carbocycles. The van der Waals surface area contributed by atoms with Crippen molar-refractivity contribution in [1.29, 1.82) is 0 Å². The highest BCUT2D eigenvalue weighted by atomic mass is 35.5. The Kier molecular flexibility index (Phi) is 4.50. The van der Waals surface area contributed by atoms with Crippen molar-refractivity contribution in [3.8, 4) is 0 Å². The van der Waals surface area contributed by atoms with Crippen molar-refractivity contribution in [2.75, 3.05) is 0 Å². The molecule has 1 aromatic carbocycles. The van der Waals surface area contributed by atoms with Gasteiger partial charge in [0.2, 0.25) is 0 Å². The third-order valence-corrected chi connectivity index (χ3v) is 5.19. The number of aromatic nitrogens is 2. The van der Waals surface area contributed by atoms with Crippen LogP contribution in [0.1, 0.15) is 40.0 Å². The van der Waals surface area contributed by atoms with Crippen LogP contribution in [0.15, 0.2) is 41.3 Å². The van der Waals surface area contributed by atoms with Crippen molar-refractivity contribution in [3.63, 3.8) is 0 Å². The predicted octanol–water partition coefficient (Wildman–Crippen LogP) is 4.58. The number of fused-ring (bicyclic) bond motifs is 2. The highest BCUT2D eigenvalue weighted by Crippen LogP contribution is 2.32. The summed E-state index contributed by atoms with van der Waals surface area (Å²) < 4.78 is 1.31. The summed E-state index contributed by atoms with van der Waals surface area (Å²) in [6.45, 7) is 0. The molecule has 0 amide bonds. The summed E-state index contributed by atoms with van der Waals surface area (Å²) in [6, 6.07) is 8.26. The first-order valence-electron chi connectivity index (χ1n) is 8.38. The lowest BCUT2D eigenvalue weighted by Gasteiger charge is -2.19. The normalized spacial score (nSPS) is 15.1. The van der Waals surface area contributed by atoms with Crippen LogP contribution < -0.4 is 5.56 Å². The van der Waals surface area contributed by atoms with Gasteiger partial charge in [0.15, 0.2) is 0 Å². The van der Waals surface area contributed by atoms with Gasteiger partial charge in [-0.3, -0.25) is 9.20 Å². The van der Waals surface area contributed by atoms with Gasteiger partial charge in [0.05, 0.1) is 11.3 Å². The SMILES string of the molecule is O=C(O)c1ccc2nc3c(c(=O)n2c1)CCCC3=Cc1ccc(Cl)cc1Cl. The minimum Gasteiger partial charge on any atom is -0.478 e. The summed E-state index contributed by atoms with van der Waals surface area (Å²) in [4.78, 5) is 28.7. The molecule has 0 spiro atoms. The average Bonchev–Trinajstić information content (AvgIpc) is 2.64. The van der Waals surface area contributed by atoms with Gasteiger partial charge in [0.25, 0.3) is 5.56 Å². The number of nitrogens with zero attached hydrogens (tertiary/aromatic N) is 2. The number of pyridine rings is 1. The Morgan fingerprint density at radius 3 is 2.74 bits per heavy atom. The van der Waals surface area contributed by atoms with Crippen LogP contribution in [-0.4, -0.2) is 20.5 Å². The fourth-order valence-corrected chi connectivity index (χ4v) is 3.78. The van der Waals surface area contributed by atoms with Crippen LogP contribution in [0.25, 0.3) is 17.3 Å². The van der Waals surface area contributed by atoms with Crippen LogP contribution in [0, 0.1) is 0 Å². The van der Waals surface area contributed by atoms with E-state index in [1.165, 1.54) is 16.7 Å². The van der Waals surface area contributed by atoms with Crippen LogP contribution in [0.4, 0.5) is 0 Å². The van der Waals surface area contributed by atoms with E-state index in [0.717, 1.165) is 24.0 Å². The average molecular weight is 401 g/mol. The molecular formula is C20H14Cl2N2O3. The van der Waals surface area contributed by atoms with E-state index in [1.54, 1.807) is 18.2 Å². The summed E-state index contributed by atoms with van der Waals surface area (Å²) in [6.07, 6.45) is 5.45. The zero-order valence-corrected chi connectivity index (χ0v) is 15.6. The molecule has 7 heteroatoms. The van der Waals surface area contributed by atoms with Crippen molar-refractivity contribution in [3.05, 3.63) is 79.3 Å². The fraction of sp³-hybridized carbons (Fsp3) is 0.150. The Balaban J connectivity index is 1.91. The number of aromatic carboxylic acids is 1. The van der Waals surface area contributed by atoms with E-state index >= 15 is 0 Å². The summed E-state index contributed by atoms with van der Waals surface area (Å²) in [5.74, 6) is -1.08. The number of hydrogen-bond donors (Lipinski definition) is 1. The first-order chi connectivity index (χ1) is 12.9. The Labute approximate surface area is 164 Å². The van der Waals surface area contributed by atoms with E-state index in [2.05, 4.69) is 4.98 Å². The molecule has 3 aromatic rings. The summed E-state index contributed by atoms with van der Waals surface area (Å²) in [5.41, 5.74) is 3.23. The molecule has 2 aromatic heterocycles. The van der Waals surface area contributed by atoms with E-state index in [-0.39, 0.29) is 11.1 Å². The molecule has 0 atom stereocenters. The second kappa shape index (κ2) is 6.83. The van der Waals surface area contributed by atoms with Crippen molar-refractivity contribution in [2.24, 2.45) is 0 Å². The van der Waals surface area contributed by atoms with Gasteiger partial charge in [-0.15, -0.1) is 0 Å². The summed E-state index contributed by atoms with van der Waals surface area (Å²) >= 11 is 12.2. The highest BCUT2D eigenvalue weighted by molar-refractivity contribution is 6.35. The molecule has 1 aliphatic rings. The predicted molar refractivity (Wildman–Crippen MR) is 106 cm³/mol. The van der Waals surface area contributed by atoms with Gasteiger partial charge in [-0.2, -0.15) is 0 Å². The molecule has 5 nitrogen and oxygen atoms in total. The first kappa shape index (κ1) is 17.8. The standard InChI is InChI=1S/C20H14Cl2N2O3/c21-14-6-4-11(16(22)9-14)8-12-2-1-3-15-18(12)23-17-7-5-13(20(26)27)10-24(17)19(15)25/h4-10H,1-3H2,(H,26,27). The van der Waals surface area contributed by atoms with E-state index in [9.17, 15) is 9.59 Å². The number of halogens is 2. The highest BCUT2D eigenvalue weighted by Gasteiger charge is 2.21. The van der Waals surface area contributed by atoms with Gasteiger partial charge in [0, 0.05) is 21.8 Å². The van der Waals surface area contributed by atoms with Gasteiger partial charge in [-0.25, -0.2) is 9.78 Å². The maximum absolute atomic E-state index is 12.9. The van der Waals surface area contributed by atoms with Crippen LogP contribution in [0.2, 0.25) is 10.0 Å². The molecule has 0 fully saturated rings. The van der Waals surface area contributed by atoms with Gasteiger partial charge in [-0.1, -0.05) is 29.3 Å². The fourth-order valence-electron chi connectivity index (χ4n) is 3.31. The molecule has 27 heavy (non-hydrogen) atoms. The molecule has 2 heterocycles. The minimum absolute atomic E-state index is 0.0471. The number of benzene rings is 1. The lowest BCUT2D eigenvalue weighted by molar-refractivity contribution is 0.0696. The Morgan fingerprint density at radius 1 is 1.19 bits per heavy atom. The van der Waals surface area contributed by atoms with Crippen LogP contribution in [-0.2, 0) is 6.42 Å². The molecular weight excluding hydrogens is 387 g/mol. The molecule has 1 N–H and O–H groups in total. The van der Waals surface area contributed by atoms with Gasteiger partial charge >= 0.3 is 5.97 Å². The topological polar surface area (TPSA) is 71.7 Å². The molecule has 0 saturated heterocycles. The van der Waals surface area contributed by atoms with Crippen molar-refractivity contribution in [1.82, 2.24) is 9.38 Å². The van der Waals surface area contributed by atoms with Crippen molar-refractivity contribution < 1.29 is 9.90 Å². The molecule has 0 bridgehead atoms. The quantitative estimate of drug-likeness (QED) is 0.683. The lowest BCUT2D eigenvalue weighted by atomic mass is 9.90. The molecule has 0 aliphatic heterocycles. The molecule has 0 saturated carbocycles. The Bertz CT molecular complexity index is 1180. The lowest BCUT2D eigenvalue weighted by Crippen LogP contribution is -2.25. The second-order valence-corrected chi connectivity index (χ2v) is 7.23. The molecule has 0 radical (unpaired) electrons. The van der Waals surface area contributed by atoms with E-state index in [1.807, 2.05) is 12.1 Å². The Morgan fingerprint density at radius 2 is 2.00 bits per heavy atom. The smallest absolute Gasteiger partial charge is 0.337 e. The van der Waals surface area contributed by atoms with Crippen molar-refractivity contribution >= 4 is 46.5 Å². The van der Waals surface area contributed by atoms with E-state index < -0.39 is 5.97 Å². The number of allylic oxidation sites excluding steroid dienone is 1. The van der Waals surface area contributed by atoms with Crippen LogP contribution in [0.5, 0.6) is 0 Å². The number of carbonyl (C=O) groups is 1. The van der Waals surface area contributed by atoms with Crippen molar-refractivity contribution in [2.45, 2.75) is 19.3 Å². The van der Waals surface area contributed by atoms with Gasteiger partial charge < -0.3 is 5.11 Å². The summed E-state index contributed by atoms with van der Waals surface area (Å²) in [5, 5.41) is 10.2. The number of carboxylic acid groups (broad SMARTS) is 1. The maximum Gasteiger partial charge on any atom is 0.337 e.